The summed E-state index contributed by atoms with van der Waals surface area (Å²) in [5.41, 5.74) is 0. The van der Waals surface area contributed by atoms with Crippen LogP contribution in [0.3, 0.4) is 0 Å². The van der Waals surface area contributed by atoms with Crippen molar-refractivity contribution in [3.05, 3.63) is 0 Å². The van der Waals surface area contributed by atoms with Gasteiger partial charge >= 0.3 is 0 Å². The van der Waals surface area contributed by atoms with E-state index in [1.54, 1.807) is 0 Å². The van der Waals surface area contributed by atoms with Crippen molar-refractivity contribution in [2.45, 2.75) is 92.9 Å². The van der Waals surface area contributed by atoms with E-state index >= 15 is 0 Å². The van der Waals surface area contributed by atoms with Gasteiger partial charge in [0, 0.05) is 0 Å². The summed E-state index contributed by atoms with van der Waals surface area (Å²) in [5, 5.41) is 89.0. The van der Waals surface area contributed by atoms with Crippen molar-refractivity contribution >= 4 is 0 Å². The highest BCUT2D eigenvalue weighted by molar-refractivity contribution is 4.92. The van der Waals surface area contributed by atoms with Crippen LogP contribution in [-0.4, -0.2) is 145 Å². The van der Waals surface area contributed by atoms with Crippen molar-refractivity contribution in [3.8, 4) is 0 Å². The molecule has 3 fully saturated rings. The van der Waals surface area contributed by atoms with E-state index in [0.717, 1.165) is 0 Å². The van der Waals surface area contributed by atoms with Crippen molar-refractivity contribution in [3.63, 3.8) is 0 Å². The SMILES string of the molecule is C[C@@H]1O[C@@H](OC[C@H]2O[C@@H](O)[C@H](O)[C@@H](O)[C@@H]2O)[C@H](O)[C@H](O[C@@H]2OC[C@@H](O)[C@H](O)[C@H]2O)[C@H]1O. The Labute approximate surface area is 176 Å². The van der Waals surface area contributed by atoms with E-state index in [0.29, 0.717) is 0 Å². The highest BCUT2D eigenvalue weighted by Gasteiger charge is 2.49. The zero-order valence-electron chi connectivity index (χ0n) is 16.6. The number of aliphatic hydroxyl groups excluding tert-OH is 9. The van der Waals surface area contributed by atoms with Crippen molar-refractivity contribution in [1.82, 2.24) is 0 Å². The molecule has 3 rings (SSSR count). The van der Waals surface area contributed by atoms with Gasteiger partial charge in [-0.1, -0.05) is 0 Å². The lowest BCUT2D eigenvalue weighted by Crippen LogP contribution is -2.63. The molecule has 31 heavy (non-hydrogen) atoms. The summed E-state index contributed by atoms with van der Waals surface area (Å²) in [7, 11) is 0. The maximum atomic E-state index is 10.6. The second kappa shape index (κ2) is 10.1. The van der Waals surface area contributed by atoms with E-state index in [4.69, 9.17) is 23.7 Å². The van der Waals surface area contributed by atoms with E-state index in [2.05, 4.69) is 0 Å². The molecule has 0 unspecified atom stereocenters. The topological polar surface area (TPSA) is 228 Å². The van der Waals surface area contributed by atoms with E-state index in [1.807, 2.05) is 0 Å². The van der Waals surface area contributed by atoms with Crippen LogP contribution in [0.1, 0.15) is 6.92 Å². The third-order valence-electron chi connectivity index (χ3n) is 5.64. The standard InChI is InChI=1S/C17H30O14/c1-4-7(19)14(31-16-12(24)8(20)5(18)2-27-16)13(25)17(29-4)28-3-6-9(21)10(22)11(23)15(26)30-6/h4-26H,2-3H2,1H3/t4-,5+,6+,7-,8-,9+,10-,11+,12+,13+,14+,15+,16-,17+/m0/s1. The molecular weight excluding hydrogens is 428 g/mol. The first-order valence-corrected chi connectivity index (χ1v) is 9.85. The van der Waals surface area contributed by atoms with Crippen molar-refractivity contribution in [2.75, 3.05) is 13.2 Å². The Hall–Kier alpha value is -0.560. The lowest BCUT2D eigenvalue weighted by Gasteiger charge is -2.45. The number of rotatable bonds is 5. The van der Waals surface area contributed by atoms with Crippen LogP contribution in [0.2, 0.25) is 0 Å². The van der Waals surface area contributed by atoms with Crippen molar-refractivity contribution < 1.29 is 69.6 Å². The molecule has 0 aromatic carbocycles. The van der Waals surface area contributed by atoms with Crippen LogP contribution in [0.15, 0.2) is 0 Å². The van der Waals surface area contributed by atoms with E-state index in [9.17, 15) is 46.0 Å². The van der Waals surface area contributed by atoms with Gasteiger partial charge in [0.05, 0.1) is 19.3 Å². The minimum absolute atomic E-state index is 0.346. The van der Waals surface area contributed by atoms with Gasteiger partial charge in [0.25, 0.3) is 0 Å². The quantitative estimate of drug-likeness (QED) is 0.187. The molecule has 3 aliphatic heterocycles. The Morgan fingerprint density at radius 1 is 0.710 bits per heavy atom. The van der Waals surface area contributed by atoms with Gasteiger partial charge in [-0.15, -0.1) is 0 Å². The van der Waals surface area contributed by atoms with Crippen LogP contribution in [0, 0.1) is 0 Å². The van der Waals surface area contributed by atoms with E-state index in [1.165, 1.54) is 6.92 Å². The molecule has 14 nitrogen and oxygen atoms in total. The van der Waals surface area contributed by atoms with Gasteiger partial charge < -0.3 is 69.6 Å². The van der Waals surface area contributed by atoms with Crippen LogP contribution in [-0.2, 0) is 23.7 Å². The first-order valence-electron chi connectivity index (χ1n) is 9.85. The van der Waals surface area contributed by atoms with Crippen LogP contribution >= 0.6 is 0 Å². The molecule has 3 heterocycles. The van der Waals surface area contributed by atoms with Gasteiger partial charge in [-0.2, -0.15) is 0 Å². The fraction of sp³-hybridized carbons (Fsp3) is 1.00. The molecule has 0 radical (unpaired) electrons. The Morgan fingerprint density at radius 3 is 2.06 bits per heavy atom. The average Bonchev–Trinajstić information content (AvgIpc) is 2.74. The first-order chi connectivity index (χ1) is 14.5. The minimum atomic E-state index is -1.77. The third kappa shape index (κ3) is 5.18. The molecule has 14 atom stereocenters. The highest BCUT2D eigenvalue weighted by Crippen LogP contribution is 2.29. The summed E-state index contributed by atoms with van der Waals surface area (Å²) in [4.78, 5) is 0. The predicted molar refractivity (Wildman–Crippen MR) is 93.8 cm³/mol. The summed E-state index contributed by atoms with van der Waals surface area (Å²) >= 11 is 0. The number of hydrogen-bond acceptors (Lipinski definition) is 14. The summed E-state index contributed by atoms with van der Waals surface area (Å²) in [6, 6.07) is 0. The number of hydrogen-bond donors (Lipinski definition) is 9. The molecule has 0 spiro atoms. The zero-order valence-corrected chi connectivity index (χ0v) is 16.6. The maximum Gasteiger partial charge on any atom is 0.186 e. The van der Waals surface area contributed by atoms with Crippen LogP contribution in [0.5, 0.6) is 0 Å². The van der Waals surface area contributed by atoms with Crippen molar-refractivity contribution in [2.24, 2.45) is 0 Å². The molecule has 14 heteroatoms. The summed E-state index contributed by atoms with van der Waals surface area (Å²) in [6.07, 6.45) is -20.8. The highest BCUT2D eigenvalue weighted by atomic mass is 16.7. The molecule has 0 aromatic rings. The molecule has 3 saturated heterocycles. The molecule has 0 aromatic heterocycles. The molecular formula is C17H30O14. The van der Waals surface area contributed by atoms with Crippen molar-refractivity contribution in [1.29, 1.82) is 0 Å². The molecule has 9 N–H and O–H groups in total. The van der Waals surface area contributed by atoms with Gasteiger partial charge in [-0.05, 0) is 6.92 Å². The van der Waals surface area contributed by atoms with Crippen LogP contribution in [0.25, 0.3) is 0 Å². The summed E-state index contributed by atoms with van der Waals surface area (Å²) in [5.74, 6) is 0. The van der Waals surface area contributed by atoms with Crippen LogP contribution in [0.4, 0.5) is 0 Å². The Bertz CT molecular complexity index is 581. The largest absolute Gasteiger partial charge is 0.388 e. The molecule has 0 bridgehead atoms. The monoisotopic (exact) mass is 458 g/mol. The summed E-state index contributed by atoms with van der Waals surface area (Å²) in [6.45, 7) is 0.629. The van der Waals surface area contributed by atoms with Gasteiger partial charge in [-0.3, -0.25) is 0 Å². The smallest absolute Gasteiger partial charge is 0.186 e. The maximum absolute atomic E-state index is 10.6. The van der Waals surface area contributed by atoms with Gasteiger partial charge in [0.15, 0.2) is 18.9 Å². The fourth-order valence-electron chi connectivity index (χ4n) is 3.61. The lowest BCUT2D eigenvalue weighted by molar-refractivity contribution is -0.352. The lowest BCUT2D eigenvalue weighted by atomic mass is 9.98. The predicted octanol–water partition coefficient (Wildman–Crippen LogP) is -5.91. The van der Waals surface area contributed by atoms with Gasteiger partial charge in [0.1, 0.15) is 61.0 Å². The molecule has 3 aliphatic rings. The molecule has 0 amide bonds. The Kier molecular flexibility index (Phi) is 8.21. The van der Waals surface area contributed by atoms with E-state index in [-0.39, 0.29) is 6.61 Å². The van der Waals surface area contributed by atoms with E-state index < -0.39 is 92.6 Å². The number of ether oxygens (including phenoxy) is 5. The number of aliphatic hydroxyl groups is 9. The average molecular weight is 458 g/mol. The van der Waals surface area contributed by atoms with Crippen LogP contribution < -0.4 is 0 Å². The molecule has 0 saturated carbocycles. The fourth-order valence-corrected chi connectivity index (χ4v) is 3.61. The second-order valence-electron chi connectivity index (χ2n) is 7.91. The normalized spacial score (nSPS) is 54.0. The van der Waals surface area contributed by atoms with Gasteiger partial charge in [-0.25, -0.2) is 0 Å². The zero-order chi connectivity index (χ0) is 23.0. The van der Waals surface area contributed by atoms with Gasteiger partial charge in [0.2, 0.25) is 0 Å². The Morgan fingerprint density at radius 2 is 1.39 bits per heavy atom. The second-order valence-corrected chi connectivity index (χ2v) is 7.91. The Balaban J connectivity index is 1.62. The molecule has 182 valence electrons. The first kappa shape index (κ1) is 25.1. The minimum Gasteiger partial charge on any atom is -0.388 e. The summed E-state index contributed by atoms with van der Waals surface area (Å²) < 4.78 is 26.4. The molecule has 0 aliphatic carbocycles. The third-order valence-corrected chi connectivity index (χ3v) is 5.64.